The Balaban J connectivity index is 2.25. The third-order valence-corrected chi connectivity index (χ3v) is 3.31. The maximum absolute atomic E-state index is 13.0. The lowest BCUT2D eigenvalue weighted by molar-refractivity contribution is 0.0603. The van der Waals surface area contributed by atoms with Gasteiger partial charge >= 0.3 is 5.97 Å². The summed E-state index contributed by atoms with van der Waals surface area (Å²) in [5.41, 5.74) is 2.91. The highest BCUT2D eigenvalue weighted by Crippen LogP contribution is 2.24. The molecule has 0 spiro atoms. The van der Waals surface area contributed by atoms with Crippen LogP contribution < -0.4 is 0 Å². The van der Waals surface area contributed by atoms with E-state index >= 15 is 0 Å². The molecule has 4 nitrogen and oxygen atoms in total. The molecule has 1 aromatic heterocycles. The van der Waals surface area contributed by atoms with Gasteiger partial charge in [-0.05, 0) is 48.9 Å². The Hall–Kier alpha value is -2.69. The van der Waals surface area contributed by atoms with Gasteiger partial charge in [-0.2, -0.15) is 5.10 Å². The number of ether oxygens (including phenoxy) is 1. The minimum atomic E-state index is -0.401. The van der Waals surface area contributed by atoms with Crippen LogP contribution in [0.1, 0.15) is 15.9 Å². The van der Waals surface area contributed by atoms with E-state index < -0.39 is 5.97 Å². The Kier molecular flexibility index (Phi) is 3.17. The molecule has 106 valence electrons. The van der Waals surface area contributed by atoms with Crippen molar-refractivity contribution in [1.82, 2.24) is 9.78 Å². The minimum absolute atomic E-state index is 0.304. The van der Waals surface area contributed by atoms with Crippen molar-refractivity contribution in [2.24, 2.45) is 0 Å². The molecule has 5 heteroatoms. The fraction of sp³-hybridized carbons (Fsp3) is 0.125. The lowest BCUT2D eigenvalue weighted by Gasteiger charge is -2.06. The highest BCUT2D eigenvalue weighted by molar-refractivity contribution is 6.04. The van der Waals surface area contributed by atoms with Crippen molar-refractivity contribution < 1.29 is 13.9 Å². The highest BCUT2D eigenvalue weighted by atomic mass is 19.1. The lowest BCUT2D eigenvalue weighted by atomic mass is 10.1. The number of rotatable bonds is 2. The number of methoxy groups -OCH3 is 1. The molecule has 3 rings (SSSR count). The summed E-state index contributed by atoms with van der Waals surface area (Å²) in [7, 11) is 1.35. The SMILES string of the molecule is COC(=O)c1cc(C)cc2c1cnn2-c1ccc(F)cc1. The molecule has 0 radical (unpaired) electrons. The summed E-state index contributed by atoms with van der Waals surface area (Å²) in [5.74, 6) is -0.705. The van der Waals surface area contributed by atoms with Crippen molar-refractivity contribution >= 4 is 16.9 Å². The van der Waals surface area contributed by atoms with Crippen LogP contribution in [-0.4, -0.2) is 22.9 Å². The zero-order chi connectivity index (χ0) is 15.0. The van der Waals surface area contributed by atoms with Gasteiger partial charge in [0.05, 0.1) is 30.1 Å². The molecular formula is C16H13FN2O2. The molecule has 0 fully saturated rings. The van der Waals surface area contributed by atoms with Crippen molar-refractivity contribution in [2.45, 2.75) is 6.92 Å². The highest BCUT2D eigenvalue weighted by Gasteiger charge is 2.15. The van der Waals surface area contributed by atoms with Crippen molar-refractivity contribution in [3.8, 4) is 5.69 Å². The molecule has 1 heterocycles. The Morgan fingerprint density at radius 3 is 2.62 bits per heavy atom. The number of hydrogen-bond acceptors (Lipinski definition) is 3. The van der Waals surface area contributed by atoms with Crippen LogP contribution in [0.25, 0.3) is 16.6 Å². The zero-order valence-electron chi connectivity index (χ0n) is 11.6. The van der Waals surface area contributed by atoms with E-state index in [0.29, 0.717) is 10.9 Å². The topological polar surface area (TPSA) is 44.1 Å². The van der Waals surface area contributed by atoms with E-state index in [2.05, 4.69) is 5.10 Å². The number of esters is 1. The quantitative estimate of drug-likeness (QED) is 0.678. The standard InChI is InChI=1S/C16H13FN2O2/c1-10-7-13(16(20)21-2)14-9-18-19(15(14)8-10)12-5-3-11(17)4-6-12/h3-9H,1-2H3. The predicted molar refractivity (Wildman–Crippen MR) is 77.1 cm³/mol. The van der Waals surface area contributed by atoms with E-state index in [1.165, 1.54) is 19.2 Å². The number of fused-ring (bicyclic) bond motifs is 1. The van der Waals surface area contributed by atoms with E-state index in [0.717, 1.165) is 16.8 Å². The third kappa shape index (κ3) is 2.27. The number of aromatic nitrogens is 2. The molecule has 0 aliphatic heterocycles. The molecule has 0 amide bonds. The summed E-state index contributed by atoms with van der Waals surface area (Å²) >= 11 is 0. The van der Waals surface area contributed by atoms with Gasteiger partial charge in [0.2, 0.25) is 0 Å². The van der Waals surface area contributed by atoms with Gasteiger partial charge < -0.3 is 4.74 Å². The van der Waals surface area contributed by atoms with Gasteiger partial charge in [0, 0.05) is 5.39 Å². The van der Waals surface area contributed by atoms with Gasteiger partial charge in [-0.25, -0.2) is 13.9 Å². The van der Waals surface area contributed by atoms with Crippen LogP contribution in [0.3, 0.4) is 0 Å². The summed E-state index contributed by atoms with van der Waals surface area (Å²) in [4.78, 5) is 11.9. The Bertz CT molecular complexity index is 822. The monoisotopic (exact) mass is 284 g/mol. The number of aryl methyl sites for hydroxylation is 1. The van der Waals surface area contributed by atoms with Crippen LogP contribution in [0.5, 0.6) is 0 Å². The van der Waals surface area contributed by atoms with Gasteiger partial charge in [0.1, 0.15) is 5.82 Å². The zero-order valence-corrected chi connectivity index (χ0v) is 11.6. The fourth-order valence-corrected chi connectivity index (χ4v) is 2.33. The van der Waals surface area contributed by atoms with Crippen molar-refractivity contribution in [2.75, 3.05) is 7.11 Å². The van der Waals surface area contributed by atoms with Crippen LogP contribution in [0.4, 0.5) is 4.39 Å². The first-order valence-corrected chi connectivity index (χ1v) is 6.43. The average molecular weight is 284 g/mol. The van der Waals surface area contributed by atoms with E-state index in [1.807, 2.05) is 13.0 Å². The van der Waals surface area contributed by atoms with Crippen LogP contribution in [0.2, 0.25) is 0 Å². The van der Waals surface area contributed by atoms with Crippen molar-refractivity contribution in [3.63, 3.8) is 0 Å². The molecular weight excluding hydrogens is 271 g/mol. The van der Waals surface area contributed by atoms with Gasteiger partial charge in [0.25, 0.3) is 0 Å². The van der Waals surface area contributed by atoms with Crippen LogP contribution >= 0.6 is 0 Å². The summed E-state index contributed by atoms with van der Waals surface area (Å²) in [6.07, 6.45) is 1.62. The van der Waals surface area contributed by atoms with Gasteiger partial charge in [-0.15, -0.1) is 0 Å². The van der Waals surface area contributed by atoms with Gasteiger partial charge in [0.15, 0.2) is 0 Å². The molecule has 2 aromatic carbocycles. The molecule has 0 atom stereocenters. The summed E-state index contributed by atoms with van der Waals surface area (Å²) in [6, 6.07) is 9.73. The van der Waals surface area contributed by atoms with E-state index in [1.54, 1.807) is 29.1 Å². The number of hydrogen-bond donors (Lipinski definition) is 0. The molecule has 0 bridgehead atoms. The fourth-order valence-electron chi connectivity index (χ4n) is 2.33. The summed E-state index contributed by atoms with van der Waals surface area (Å²) < 4.78 is 19.5. The van der Waals surface area contributed by atoms with Crippen LogP contribution in [0.15, 0.2) is 42.6 Å². The normalized spacial score (nSPS) is 10.8. The smallest absolute Gasteiger partial charge is 0.338 e. The van der Waals surface area contributed by atoms with E-state index in [4.69, 9.17) is 4.74 Å². The Labute approximate surface area is 120 Å². The number of benzene rings is 2. The van der Waals surface area contributed by atoms with Crippen LogP contribution in [0, 0.1) is 12.7 Å². The van der Waals surface area contributed by atoms with E-state index in [-0.39, 0.29) is 5.82 Å². The number of carbonyl (C=O) groups is 1. The predicted octanol–water partition coefficient (Wildman–Crippen LogP) is 3.26. The molecule has 3 aromatic rings. The van der Waals surface area contributed by atoms with E-state index in [9.17, 15) is 9.18 Å². The second kappa shape index (κ2) is 5.01. The van der Waals surface area contributed by atoms with Crippen molar-refractivity contribution in [1.29, 1.82) is 0 Å². The maximum Gasteiger partial charge on any atom is 0.338 e. The maximum atomic E-state index is 13.0. The molecule has 21 heavy (non-hydrogen) atoms. The largest absolute Gasteiger partial charge is 0.465 e. The second-order valence-corrected chi connectivity index (χ2v) is 4.77. The molecule has 0 aliphatic rings. The molecule has 0 N–H and O–H groups in total. The van der Waals surface area contributed by atoms with Gasteiger partial charge in [-0.3, -0.25) is 0 Å². The van der Waals surface area contributed by atoms with Gasteiger partial charge in [-0.1, -0.05) is 0 Å². The minimum Gasteiger partial charge on any atom is -0.465 e. The third-order valence-electron chi connectivity index (χ3n) is 3.31. The molecule has 0 saturated carbocycles. The second-order valence-electron chi connectivity index (χ2n) is 4.77. The number of carbonyl (C=O) groups excluding carboxylic acids is 1. The Morgan fingerprint density at radius 1 is 1.24 bits per heavy atom. The summed E-state index contributed by atoms with van der Waals surface area (Å²) in [6.45, 7) is 1.90. The first-order valence-electron chi connectivity index (χ1n) is 6.43. The molecule has 0 unspecified atom stereocenters. The summed E-state index contributed by atoms with van der Waals surface area (Å²) in [5, 5.41) is 5.01. The number of halogens is 1. The Morgan fingerprint density at radius 2 is 1.95 bits per heavy atom. The average Bonchev–Trinajstić information content (AvgIpc) is 2.90. The first kappa shape index (κ1) is 13.3. The van der Waals surface area contributed by atoms with Crippen molar-refractivity contribution in [3.05, 3.63) is 59.5 Å². The lowest BCUT2D eigenvalue weighted by Crippen LogP contribution is -2.03. The number of nitrogens with zero attached hydrogens (tertiary/aromatic N) is 2. The van der Waals surface area contributed by atoms with Crippen LogP contribution in [-0.2, 0) is 4.74 Å². The first-order chi connectivity index (χ1) is 10.1. The molecule has 0 saturated heterocycles. The molecule has 0 aliphatic carbocycles.